The van der Waals surface area contributed by atoms with E-state index in [2.05, 4.69) is 0 Å². The molecule has 3 N–H and O–H groups in total. The summed E-state index contributed by atoms with van der Waals surface area (Å²) in [5.41, 5.74) is 6.39. The number of hydrogen-bond acceptors (Lipinski definition) is 4. The zero-order chi connectivity index (χ0) is 12.3. The van der Waals surface area contributed by atoms with E-state index in [0.29, 0.717) is 11.3 Å². The van der Waals surface area contributed by atoms with Crippen LogP contribution in [0.2, 0.25) is 0 Å². The minimum absolute atomic E-state index is 0.111. The van der Waals surface area contributed by atoms with Gasteiger partial charge in [0.2, 0.25) is 0 Å². The van der Waals surface area contributed by atoms with Gasteiger partial charge in [0.25, 0.3) is 0 Å². The van der Waals surface area contributed by atoms with Crippen molar-refractivity contribution in [2.24, 2.45) is 0 Å². The van der Waals surface area contributed by atoms with Crippen LogP contribution < -0.4 is 5.73 Å². The maximum absolute atomic E-state index is 11.5. The summed E-state index contributed by atoms with van der Waals surface area (Å²) in [7, 11) is -3.48. The first-order chi connectivity index (χ1) is 7.38. The molecular formula is C10H14ClNO3S. The maximum Gasteiger partial charge on any atom is 0.169 e. The van der Waals surface area contributed by atoms with E-state index >= 15 is 0 Å². The van der Waals surface area contributed by atoms with Gasteiger partial charge in [-0.3, -0.25) is 0 Å². The molecule has 4 nitrogen and oxygen atoms in total. The van der Waals surface area contributed by atoms with Gasteiger partial charge in [-0.15, -0.1) is 11.6 Å². The molecule has 0 unspecified atom stereocenters. The van der Waals surface area contributed by atoms with Crippen molar-refractivity contribution in [2.45, 2.75) is 17.7 Å². The minimum Gasteiger partial charge on any atom is -0.399 e. The van der Waals surface area contributed by atoms with Crippen LogP contribution in [0.5, 0.6) is 0 Å². The van der Waals surface area contributed by atoms with Crippen molar-refractivity contribution < 1.29 is 13.5 Å². The van der Waals surface area contributed by atoms with Gasteiger partial charge >= 0.3 is 0 Å². The van der Waals surface area contributed by atoms with E-state index in [1.807, 2.05) is 0 Å². The highest BCUT2D eigenvalue weighted by Crippen LogP contribution is 2.26. The molecule has 0 heterocycles. The molecule has 0 radical (unpaired) electrons. The number of rotatable bonds is 4. The number of sulfone groups is 1. The topological polar surface area (TPSA) is 80.4 Å². The highest BCUT2D eigenvalue weighted by Gasteiger charge is 2.29. The molecule has 1 aromatic rings. The zero-order valence-corrected chi connectivity index (χ0v) is 10.4. The van der Waals surface area contributed by atoms with Gasteiger partial charge in [0.15, 0.2) is 14.5 Å². The number of aliphatic hydroxyl groups excluding tert-OH is 1. The fourth-order valence-corrected chi connectivity index (χ4v) is 2.64. The highest BCUT2D eigenvalue weighted by atomic mass is 35.5. The molecule has 0 saturated heterocycles. The van der Waals surface area contributed by atoms with Crippen molar-refractivity contribution >= 4 is 27.1 Å². The fraction of sp³-hybridized carbons (Fsp3) is 0.400. The van der Waals surface area contributed by atoms with Crippen molar-refractivity contribution in [1.29, 1.82) is 0 Å². The van der Waals surface area contributed by atoms with Gasteiger partial charge < -0.3 is 10.8 Å². The van der Waals surface area contributed by atoms with Crippen LogP contribution in [0.1, 0.15) is 18.6 Å². The van der Waals surface area contributed by atoms with Crippen LogP contribution in [0.15, 0.2) is 24.3 Å². The monoisotopic (exact) mass is 263 g/mol. The van der Waals surface area contributed by atoms with Crippen LogP contribution in [0.25, 0.3) is 0 Å². The molecule has 2 atom stereocenters. The summed E-state index contributed by atoms with van der Waals surface area (Å²) in [5, 5.41) is 9.81. The lowest BCUT2D eigenvalue weighted by Crippen LogP contribution is -2.24. The number of alkyl halides is 1. The molecule has 90 valence electrons. The maximum atomic E-state index is 11.5. The number of aliphatic hydroxyl groups is 1. The first-order valence-corrected chi connectivity index (χ1v) is 6.93. The third-order valence-corrected chi connectivity index (χ3v) is 5.05. The van der Waals surface area contributed by atoms with Gasteiger partial charge in [0, 0.05) is 11.4 Å². The van der Waals surface area contributed by atoms with E-state index in [9.17, 15) is 13.5 Å². The van der Waals surface area contributed by atoms with Crippen LogP contribution in [-0.2, 0) is 9.84 Å². The normalized spacial score (nSPS) is 15.7. The van der Waals surface area contributed by atoms with E-state index in [1.54, 1.807) is 18.2 Å². The molecule has 0 aliphatic carbocycles. The number of benzene rings is 1. The quantitative estimate of drug-likeness (QED) is 0.634. The second-order valence-electron chi connectivity index (χ2n) is 3.42. The summed E-state index contributed by atoms with van der Waals surface area (Å²) in [6, 6.07) is 6.37. The van der Waals surface area contributed by atoms with Crippen molar-refractivity contribution in [1.82, 2.24) is 0 Å². The fourth-order valence-electron chi connectivity index (χ4n) is 1.25. The number of hydrogen-bond donors (Lipinski definition) is 2. The predicted molar refractivity (Wildman–Crippen MR) is 64.9 cm³/mol. The third kappa shape index (κ3) is 2.87. The summed E-state index contributed by atoms with van der Waals surface area (Å²) in [4.78, 5) is 0. The van der Waals surface area contributed by atoms with Crippen molar-refractivity contribution in [3.8, 4) is 0 Å². The van der Waals surface area contributed by atoms with Crippen LogP contribution in [0, 0.1) is 0 Å². The Kier molecular flexibility index (Phi) is 4.18. The Labute approximate surface area is 100.0 Å². The number of halogens is 1. The lowest BCUT2D eigenvalue weighted by atomic mass is 10.1. The Morgan fingerprint density at radius 2 is 2.12 bits per heavy atom. The smallest absolute Gasteiger partial charge is 0.169 e. The van der Waals surface area contributed by atoms with Gasteiger partial charge in [-0.25, -0.2) is 8.42 Å². The highest BCUT2D eigenvalue weighted by molar-refractivity contribution is 7.93. The Morgan fingerprint density at radius 1 is 1.50 bits per heavy atom. The van der Waals surface area contributed by atoms with Gasteiger partial charge in [-0.2, -0.15) is 0 Å². The predicted octanol–water partition coefficient (Wildman–Crippen LogP) is 1.30. The molecule has 0 aliphatic heterocycles. The first-order valence-electron chi connectivity index (χ1n) is 4.77. The summed E-state index contributed by atoms with van der Waals surface area (Å²) in [6.45, 7) is 1.48. The largest absolute Gasteiger partial charge is 0.399 e. The van der Waals surface area contributed by atoms with Gasteiger partial charge in [0.1, 0.15) is 6.10 Å². The second kappa shape index (κ2) is 5.03. The van der Waals surface area contributed by atoms with E-state index in [4.69, 9.17) is 17.3 Å². The second-order valence-corrected chi connectivity index (χ2v) is 6.56. The molecule has 0 fully saturated rings. The van der Waals surface area contributed by atoms with Crippen molar-refractivity contribution in [3.63, 3.8) is 0 Å². The van der Waals surface area contributed by atoms with Crippen LogP contribution in [0.3, 0.4) is 0 Å². The molecule has 6 heteroatoms. The SMILES string of the molecule is CCS(=O)(=O)[C@H](Cl)[C@H](O)c1cccc(N)c1. The molecule has 0 spiro atoms. The van der Waals surface area contributed by atoms with Gasteiger partial charge in [-0.1, -0.05) is 19.1 Å². The first kappa shape index (κ1) is 13.3. The Hall–Kier alpha value is -0.780. The molecule has 1 aromatic carbocycles. The lowest BCUT2D eigenvalue weighted by molar-refractivity contribution is 0.192. The van der Waals surface area contributed by atoms with E-state index < -0.39 is 20.7 Å². The molecule has 0 amide bonds. The Balaban J connectivity index is 2.99. The number of anilines is 1. The van der Waals surface area contributed by atoms with E-state index in [1.165, 1.54) is 13.0 Å². The third-order valence-electron chi connectivity index (χ3n) is 2.25. The van der Waals surface area contributed by atoms with Crippen LogP contribution >= 0.6 is 11.6 Å². The lowest BCUT2D eigenvalue weighted by Gasteiger charge is -2.17. The van der Waals surface area contributed by atoms with Gasteiger partial charge in [-0.05, 0) is 17.7 Å². The summed E-state index contributed by atoms with van der Waals surface area (Å²) >= 11 is 5.73. The summed E-state index contributed by atoms with van der Waals surface area (Å²) in [5.74, 6) is -0.111. The summed E-state index contributed by atoms with van der Waals surface area (Å²) in [6.07, 6.45) is -1.27. The Bertz CT molecular complexity index is 461. The Morgan fingerprint density at radius 3 is 2.62 bits per heavy atom. The van der Waals surface area contributed by atoms with E-state index in [-0.39, 0.29) is 5.75 Å². The van der Waals surface area contributed by atoms with E-state index in [0.717, 1.165) is 0 Å². The standard InChI is InChI=1S/C10H14ClNO3S/c1-2-16(14,15)10(11)9(13)7-4-3-5-8(12)6-7/h3-6,9-10,13H,2,12H2,1H3/t9-,10+/m1/s1. The molecule has 0 aliphatic rings. The van der Waals surface area contributed by atoms with Crippen LogP contribution in [-0.4, -0.2) is 24.0 Å². The summed E-state index contributed by atoms with van der Waals surface area (Å²) < 4.78 is 21.6. The van der Waals surface area contributed by atoms with Gasteiger partial charge in [0.05, 0.1) is 0 Å². The zero-order valence-electron chi connectivity index (χ0n) is 8.80. The molecule has 0 saturated carbocycles. The van der Waals surface area contributed by atoms with Crippen molar-refractivity contribution in [2.75, 3.05) is 11.5 Å². The minimum atomic E-state index is -3.48. The molecular weight excluding hydrogens is 250 g/mol. The molecule has 0 aromatic heterocycles. The average molecular weight is 264 g/mol. The number of nitrogen functional groups attached to an aromatic ring is 1. The molecule has 0 bridgehead atoms. The van der Waals surface area contributed by atoms with Crippen LogP contribution in [0.4, 0.5) is 5.69 Å². The molecule has 16 heavy (non-hydrogen) atoms. The average Bonchev–Trinajstić information content (AvgIpc) is 2.27. The molecule has 1 rings (SSSR count). The number of nitrogens with two attached hydrogens (primary N) is 1. The van der Waals surface area contributed by atoms with Crippen molar-refractivity contribution in [3.05, 3.63) is 29.8 Å².